The standard InChI is InChI=1S/C17H24ClN3O11.C17H24IN3O11/c2*1-8(22)28-7-12-14(29-9(2)23)15(30-10(3)24)13(16(32-12)31-11(4)25)19-17(26)21(20-27)6-5-18/h2*12-16H,5-7H2,1-4H3,(H,19,26). The molecule has 0 spiro atoms. The van der Waals surface area contributed by atoms with Gasteiger partial charge in [-0.2, -0.15) is 10.0 Å². The third kappa shape index (κ3) is 19.5. The Morgan fingerprint density at radius 1 is 0.516 bits per heavy atom. The van der Waals surface area contributed by atoms with E-state index in [1.54, 1.807) is 0 Å². The molecule has 0 aromatic rings. The summed E-state index contributed by atoms with van der Waals surface area (Å²) in [6.45, 7) is 7.43. The van der Waals surface area contributed by atoms with Crippen molar-refractivity contribution in [3.05, 3.63) is 9.81 Å². The van der Waals surface area contributed by atoms with E-state index >= 15 is 0 Å². The molecule has 0 aromatic carbocycles. The summed E-state index contributed by atoms with van der Waals surface area (Å²) in [5.41, 5.74) is 0. The highest BCUT2D eigenvalue weighted by Crippen LogP contribution is 2.30. The molecule has 2 saturated heterocycles. The molecular weight excluding hydrogens is 1010 g/mol. The van der Waals surface area contributed by atoms with E-state index < -0.39 is 134 Å². The average Bonchev–Trinajstić information content (AvgIpc) is 3.17. The van der Waals surface area contributed by atoms with Gasteiger partial charge in [-0.15, -0.1) is 21.4 Å². The molecule has 2 N–H and O–H groups in total. The third-order valence-corrected chi connectivity index (χ3v) is 8.46. The Hall–Kier alpha value is -5.56. The average molecular weight is 1060 g/mol. The van der Waals surface area contributed by atoms with Crippen molar-refractivity contribution in [3.8, 4) is 0 Å². The van der Waals surface area contributed by atoms with E-state index in [2.05, 4.69) is 21.2 Å². The maximum atomic E-state index is 12.5. The molecule has 0 aliphatic carbocycles. The molecule has 4 amide bonds. The summed E-state index contributed by atoms with van der Waals surface area (Å²) < 4.78 is 52.5. The fourth-order valence-corrected chi connectivity index (χ4v) is 6.21. The molecule has 0 bridgehead atoms. The largest absolute Gasteiger partial charge is 0.463 e. The summed E-state index contributed by atoms with van der Waals surface area (Å²) in [6, 6.07) is -4.94. The van der Waals surface area contributed by atoms with E-state index in [1.165, 1.54) is 0 Å². The van der Waals surface area contributed by atoms with Crippen LogP contribution in [-0.4, -0.2) is 168 Å². The molecule has 2 rings (SSSR count). The zero-order valence-corrected chi connectivity index (χ0v) is 38.5. The summed E-state index contributed by atoms with van der Waals surface area (Å²) in [5, 5.41) is 10.8. The molecule has 2 fully saturated rings. The van der Waals surface area contributed by atoms with Gasteiger partial charge in [0.15, 0.2) is 24.4 Å². The van der Waals surface area contributed by atoms with E-state index in [0.29, 0.717) is 14.4 Å². The molecule has 2 heterocycles. The molecule has 10 unspecified atom stereocenters. The number of nitrogens with one attached hydrogen (secondary N) is 2. The van der Waals surface area contributed by atoms with Gasteiger partial charge in [-0.3, -0.25) is 38.4 Å². The summed E-state index contributed by atoms with van der Waals surface area (Å²) in [7, 11) is 0. The van der Waals surface area contributed by atoms with E-state index in [9.17, 15) is 57.8 Å². The van der Waals surface area contributed by atoms with Crippen molar-refractivity contribution in [2.24, 2.45) is 10.6 Å². The van der Waals surface area contributed by atoms with Crippen LogP contribution < -0.4 is 10.6 Å². The zero-order chi connectivity index (χ0) is 48.8. The summed E-state index contributed by atoms with van der Waals surface area (Å²) in [4.78, 5) is 140. The lowest BCUT2D eigenvalue weighted by Gasteiger charge is -2.44. The monoisotopic (exact) mass is 1050 g/mol. The second-order valence-corrected chi connectivity index (χ2v) is 14.4. The molecule has 0 aromatic heterocycles. The van der Waals surface area contributed by atoms with Crippen molar-refractivity contribution >= 4 is 94.0 Å². The first-order chi connectivity index (χ1) is 30.0. The Morgan fingerprint density at radius 2 is 0.828 bits per heavy atom. The van der Waals surface area contributed by atoms with Crippen molar-refractivity contribution in [2.75, 3.05) is 36.6 Å². The number of carbonyl (C=O) groups is 10. The van der Waals surface area contributed by atoms with Crippen LogP contribution in [0.4, 0.5) is 9.59 Å². The number of esters is 8. The van der Waals surface area contributed by atoms with E-state index in [-0.39, 0.29) is 19.0 Å². The van der Waals surface area contributed by atoms with E-state index in [0.717, 1.165) is 55.4 Å². The van der Waals surface area contributed by atoms with Gasteiger partial charge in [0.1, 0.15) is 37.5 Å². The van der Waals surface area contributed by atoms with Gasteiger partial charge >= 0.3 is 59.8 Å². The maximum absolute atomic E-state index is 12.5. The molecule has 28 nitrogen and oxygen atoms in total. The van der Waals surface area contributed by atoms with Crippen LogP contribution in [0.25, 0.3) is 0 Å². The highest BCUT2D eigenvalue weighted by Gasteiger charge is 2.54. The minimum Gasteiger partial charge on any atom is -0.463 e. The van der Waals surface area contributed by atoms with Crippen molar-refractivity contribution in [2.45, 2.75) is 117 Å². The van der Waals surface area contributed by atoms with Crippen LogP contribution in [-0.2, 0) is 85.7 Å². The number of ether oxygens (including phenoxy) is 10. The maximum Gasteiger partial charge on any atom is 0.341 e. The normalized spacial score (nSPS) is 24.5. The fraction of sp³-hybridized carbons (Fsp3) is 0.706. The van der Waals surface area contributed by atoms with Crippen LogP contribution in [0.5, 0.6) is 0 Å². The van der Waals surface area contributed by atoms with Crippen molar-refractivity contribution in [3.63, 3.8) is 0 Å². The van der Waals surface area contributed by atoms with Crippen LogP contribution in [0.15, 0.2) is 10.6 Å². The van der Waals surface area contributed by atoms with Gasteiger partial charge in [-0.25, -0.2) is 9.59 Å². The predicted octanol–water partition coefficient (Wildman–Crippen LogP) is 0.199. The van der Waals surface area contributed by atoms with Crippen molar-refractivity contribution in [1.82, 2.24) is 20.7 Å². The van der Waals surface area contributed by atoms with E-state index in [1.807, 2.05) is 22.6 Å². The topological polar surface area (TPSA) is 352 Å². The first-order valence-corrected chi connectivity index (χ1v) is 20.6. The Bertz CT molecular complexity index is 1590. The second kappa shape index (κ2) is 28.3. The molecule has 2 aliphatic rings. The first kappa shape index (κ1) is 56.5. The SMILES string of the molecule is CC(=O)OCC1OC(OC(C)=O)C(NC(=O)N(CCCl)N=O)C(OC(C)=O)C1OC(C)=O.CC(=O)OCC1OC(OC(C)=O)C(NC(=O)N(CCI)N=O)C(OC(C)=O)C1OC(C)=O. The Balaban J connectivity index is 0.000000640. The van der Waals surface area contributed by atoms with Crippen LogP contribution in [0, 0.1) is 9.81 Å². The summed E-state index contributed by atoms with van der Waals surface area (Å²) >= 11 is 7.45. The smallest absolute Gasteiger partial charge is 0.341 e. The third-order valence-electron chi connectivity index (χ3n) is 7.81. The number of nitroso groups, excluding NO2 is 2. The molecule has 360 valence electrons. The quantitative estimate of drug-likeness (QED) is 0.0462. The van der Waals surface area contributed by atoms with Crippen molar-refractivity contribution in [1.29, 1.82) is 0 Å². The Morgan fingerprint density at radius 3 is 1.09 bits per heavy atom. The van der Waals surface area contributed by atoms with Gasteiger partial charge in [0, 0.05) is 65.7 Å². The number of urea groups is 2. The number of alkyl halides is 2. The van der Waals surface area contributed by atoms with Crippen LogP contribution >= 0.6 is 34.2 Å². The molecule has 0 saturated carbocycles. The minimum absolute atomic E-state index is 0.0393. The molecule has 30 heteroatoms. The van der Waals surface area contributed by atoms with Gasteiger partial charge in [0.2, 0.25) is 12.6 Å². The molecule has 0 radical (unpaired) electrons. The number of rotatable bonds is 18. The number of nitrogens with zero attached hydrogens (tertiary/aromatic N) is 4. The Labute approximate surface area is 382 Å². The lowest BCUT2D eigenvalue weighted by Crippen LogP contribution is -2.67. The van der Waals surface area contributed by atoms with Crippen LogP contribution in [0.1, 0.15) is 55.4 Å². The highest BCUT2D eigenvalue weighted by molar-refractivity contribution is 14.1. The molecule has 10 atom stereocenters. The number of amides is 4. The van der Waals surface area contributed by atoms with Gasteiger partial charge in [0.05, 0.1) is 23.7 Å². The highest BCUT2D eigenvalue weighted by atomic mass is 127. The summed E-state index contributed by atoms with van der Waals surface area (Å²) in [5.74, 6) is -6.39. The number of halogens is 2. The van der Waals surface area contributed by atoms with Gasteiger partial charge in [-0.1, -0.05) is 22.6 Å². The number of hydrogen-bond donors (Lipinski definition) is 2. The molecular formula is C34H48ClIN6O22. The molecule has 2 aliphatic heterocycles. The first-order valence-electron chi connectivity index (χ1n) is 18.5. The van der Waals surface area contributed by atoms with Gasteiger partial charge in [-0.05, 0) is 0 Å². The fourth-order valence-electron chi connectivity index (χ4n) is 5.59. The zero-order valence-electron chi connectivity index (χ0n) is 35.5. The van der Waals surface area contributed by atoms with Gasteiger partial charge < -0.3 is 58.0 Å². The lowest BCUT2D eigenvalue weighted by atomic mass is 9.96. The van der Waals surface area contributed by atoms with E-state index in [4.69, 9.17) is 59.0 Å². The van der Waals surface area contributed by atoms with Crippen LogP contribution in [0.3, 0.4) is 0 Å². The van der Waals surface area contributed by atoms with Gasteiger partial charge in [0.25, 0.3) is 0 Å². The minimum atomic E-state index is -1.59. The van der Waals surface area contributed by atoms with Crippen LogP contribution in [0.2, 0.25) is 0 Å². The lowest BCUT2D eigenvalue weighted by molar-refractivity contribution is -0.270. The molecule has 64 heavy (non-hydrogen) atoms. The second-order valence-electron chi connectivity index (χ2n) is 12.9. The van der Waals surface area contributed by atoms with Crippen molar-refractivity contribution < 1.29 is 95.3 Å². The number of carbonyl (C=O) groups excluding carboxylic acids is 10. The Kier molecular flexibility index (Phi) is 24.9. The number of hydrogen-bond acceptors (Lipinski definition) is 24. The summed E-state index contributed by atoms with van der Waals surface area (Å²) in [6.07, 6.45) is -11.3. The predicted molar refractivity (Wildman–Crippen MR) is 216 cm³/mol.